The van der Waals surface area contributed by atoms with Crippen molar-refractivity contribution >= 4 is 6.29 Å². The molecule has 10 heavy (non-hydrogen) atoms. The second-order valence-electron chi connectivity index (χ2n) is 3.19. The quantitative estimate of drug-likeness (QED) is 0.433. The summed E-state index contributed by atoms with van der Waals surface area (Å²) < 4.78 is 0. The monoisotopic (exact) mass is 140 g/mol. The van der Waals surface area contributed by atoms with Gasteiger partial charge in [-0.15, -0.1) is 6.58 Å². The van der Waals surface area contributed by atoms with Gasteiger partial charge in [-0.3, -0.25) is 0 Å². The molecule has 1 atom stereocenters. The highest BCUT2D eigenvalue weighted by molar-refractivity contribution is 5.59. The summed E-state index contributed by atoms with van der Waals surface area (Å²) in [4.78, 5) is 10.5. The van der Waals surface area contributed by atoms with Crippen molar-refractivity contribution < 1.29 is 4.79 Å². The van der Waals surface area contributed by atoms with Crippen molar-refractivity contribution in [1.29, 1.82) is 0 Å². The molecular formula is C9H16O. The maximum atomic E-state index is 10.5. The smallest absolute Gasteiger partial charge is 0.126 e. The number of allylic oxidation sites excluding steroid dienone is 1. The Labute approximate surface area is 63.1 Å². The van der Waals surface area contributed by atoms with Gasteiger partial charge in [0, 0.05) is 5.41 Å². The van der Waals surface area contributed by atoms with Crippen LogP contribution in [0.5, 0.6) is 0 Å². The first-order chi connectivity index (χ1) is 4.58. The molecule has 0 heterocycles. The van der Waals surface area contributed by atoms with Crippen LogP contribution in [-0.4, -0.2) is 6.29 Å². The van der Waals surface area contributed by atoms with Gasteiger partial charge in [-0.2, -0.15) is 0 Å². The Morgan fingerprint density at radius 2 is 2.10 bits per heavy atom. The molecule has 0 aliphatic carbocycles. The Kier molecular flexibility index (Phi) is 3.34. The molecule has 0 fully saturated rings. The van der Waals surface area contributed by atoms with Gasteiger partial charge in [0.05, 0.1) is 0 Å². The third-order valence-corrected chi connectivity index (χ3v) is 1.98. The van der Waals surface area contributed by atoms with Gasteiger partial charge in [0.15, 0.2) is 0 Å². The molecule has 58 valence electrons. The van der Waals surface area contributed by atoms with E-state index in [1.165, 1.54) is 0 Å². The number of carbonyl (C=O) groups excluding carboxylic acids is 1. The summed E-state index contributed by atoms with van der Waals surface area (Å²) in [6, 6.07) is 0. The Morgan fingerprint density at radius 3 is 2.20 bits per heavy atom. The molecule has 0 saturated carbocycles. The van der Waals surface area contributed by atoms with Gasteiger partial charge in [0.1, 0.15) is 6.29 Å². The van der Waals surface area contributed by atoms with E-state index in [0.29, 0.717) is 5.92 Å². The number of hydrogen-bond donors (Lipinski definition) is 0. The van der Waals surface area contributed by atoms with Crippen LogP contribution in [0.2, 0.25) is 0 Å². The van der Waals surface area contributed by atoms with Crippen LogP contribution in [0.25, 0.3) is 0 Å². The Hall–Kier alpha value is -0.590. The number of hydrogen-bond acceptors (Lipinski definition) is 1. The molecule has 0 aromatic heterocycles. The fourth-order valence-electron chi connectivity index (χ4n) is 1.08. The van der Waals surface area contributed by atoms with Crippen molar-refractivity contribution in [3.05, 3.63) is 12.7 Å². The second kappa shape index (κ2) is 3.55. The first-order valence-corrected chi connectivity index (χ1v) is 3.67. The first kappa shape index (κ1) is 9.41. The fourth-order valence-corrected chi connectivity index (χ4v) is 1.08. The molecule has 0 aromatic carbocycles. The Bertz CT molecular complexity index is 125. The predicted octanol–water partition coefficient (Wildman–Crippen LogP) is 2.42. The lowest BCUT2D eigenvalue weighted by Gasteiger charge is -2.24. The minimum Gasteiger partial charge on any atom is -0.303 e. The number of rotatable bonds is 4. The summed E-state index contributed by atoms with van der Waals surface area (Å²) in [6.45, 7) is 9.63. The van der Waals surface area contributed by atoms with Crippen LogP contribution in [0.1, 0.15) is 27.2 Å². The van der Waals surface area contributed by atoms with Crippen molar-refractivity contribution in [3.8, 4) is 0 Å². The molecule has 0 aromatic rings. The molecule has 1 heteroatoms. The van der Waals surface area contributed by atoms with Gasteiger partial charge in [-0.05, 0) is 12.3 Å². The molecule has 0 aliphatic rings. The van der Waals surface area contributed by atoms with Crippen molar-refractivity contribution in [2.75, 3.05) is 0 Å². The topological polar surface area (TPSA) is 17.1 Å². The second-order valence-corrected chi connectivity index (χ2v) is 3.19. The van der Waals surface area contributed by atoms with Gasteiger partial charge in [-0.1, -0.05) is 26.8 Å². The summed E-state index contributed by atoms with van der Waals surface area (Å²) in [6.07, 6.45) is 3.84. The van der Waals surface area contributed by atoms with Gasteiger partial charge in [0.25, 0.3) is 0 Å². The molecule has 0 rings (SSSR count). The minimum atomic E-state index is -0.240. The summed E-state index contributed by atoms with van der Waals surface area (Å²) in [5.41, 5.74) is -0.240. The summed E-state index contributed by atoms with van der Waals surface area (Å²) in [5.74, 6) is 0.310. The van der Waals surface area contributed by atoms with Gasteiger partial charge in [-0.25, -0.2) is 0 Å². The van der Waals surface area contributed by atoms with Crippen LogP contribution in [0.15, 0.2) is 12.7 Å². The SMILES string of the molecule is C=C[C@H](CC)C(C)(C)C=O. The van der Waals surface area contributed by atoms with Crippen molar-refractivity contribution in [2.45, 2.75) is 27.2 Å². The first-order valence-electron chi connectivity index (χ1n) is 3.67. The average Bonchev–Trinajstić information content (AvgIpc) is 1.90. The fraction of sp³-hybridized carbons (Fsp3) is 0.667. The normalized spacial score (nSPS) is 14.3. The third-order valence-electron chi connectivity index (χ3n) is 1.98. The van der Waals surface area contributed by atoms with E-state index in [4.69, 9.17) is 0 Å². The Balaban J connectivity index is 4.24. The number of aldehydes is 1. The van der Waals surface area contributed by atoms with Gasteiger partial charge in [0.2, 0.25) is 0 Å². The highest BCUT2D eigenvalue weighted by Crippen LogP contribution is 2.27. The van der Waals surface area contributed by atoms with E-state index in [0.717, 1.165) is 12.7 Å². The van der Waals surface area contributed by atoms with Crippen molar-refractivity contribution in [2.24, 2.45) is 11.3 Å². The van der Waals surface area contributed by atoms with Gasteiger partial charge < -0.3 is 4.79 Å². The molecule has 0 aliphatic heterocycles. The molecule has 0 saturated heterocycles. The van der Waals surface area contributed by atoms with E-state index in [9.17, 15) is 4.79 Å². The van der Waals surface area contributed by atoms with Crippen LogP contribution in [0, 0.1) is 11.3 Å². The zero-order valence-corrected chi connectivity index (χ0v) is 7.05. The highest BCUT2D eigenvalue weighted by atomic mass is 16.1. The Morgan fingerprint density at radius 1 is 1.60 bits per heavy atom. The maximum absolute atomic E-state index is 10.5. The highest BCUT2D eigenvalue weighted by Gasteiger charge is 2.24. The van der Waals surface area contributed by atoms with E-state index in [1.54, 1.807) is 0 Å². The maximum Gasteiger partial charge on any atom is 0.126 e. The number of carbonyl (C=O) groups is 1. The lowest BCUT2D eigenvalue weighted by atomic mass is 9.79. The van der Waals surface area contributed by atoms with Crippen LogP contribution < -0.4 is 0 Å². The molecule has 0 amide bonds. The van der Waals surface area contributed by atoms with Crippen molar-refractivity contribution in [1.82, 2.24) is 0 Å². The molecule has 0 unspecified atom stereocenters. The van der Waals surface area contributed by atoms with E-state index >= 15 is 0 Å². The van der Waals surface area contributed by atoms with Crippen LogP contribution >= 0.6 is 0 Å². The van der Waals surface area contributed by atoms with Crippen LogP contribution in [-0.2, 0) is 4.79 Å². The summed E-state index contributed by atoms with van der Waals surface area (Å²) in [5, 5.41) is 0. The molecule has 0 bridgehead atoms. The van der Waals surface area contributed by atoms with Crippen LogP contribution in [0.3, 0.4) is 0 Å². The average molecular weight is 140 g/mol. The zero-order chi connectivity index (χ0) is 8.20. The lowest BCUT2D eigenvalue weighted by molar-refractivity contribution is -0.116. The van der Waals surface area contributed by atoms with E-state index in [2.05, 4.69) is 13.5 Å². The van der Waals surface area contributed by atoms with Gasteiger partial charge >= 0.3 is 0 Å². The molecule has 0 spiro atoms. The minimum absolute atomic E-state index is 0.240. The summed E-state index contributed by atoms with van der Waals surface area (Å²) in [7, 11) is 0. The largest absolute Gasteiger partial charge is 0.303 e. The zero-order valence-electron chi connectivity index (χ0n) is 7.05. The lowest BCUT2D eigenvalue weighted by Crippen LogP contribution is -2.23. The molecule has 1 nitrogen and oxygen atoms in total. The molecular weight excluding hydrogens is 124 g/mol. The molecule has 0 radical (unpaired) electrons. The van der Waals surface area contributed by atoms with Crippen molar-refractivity contribution in [3.63, 3.8) is 0 Å². The van der Waals surface area contributed by atoms with E-state index < -0.39 is 0 Å². The predicted molar refractivity (Wildman–Crippen MR) is 43.8 cm³/mol. The summed E-state index contributed by atoms with van der Waals surface area (Å²) >= 11 is 0. The van der Waals surface area contributed by atoms with E-state index in [-0.39, 0.29) is 5.41 Å². The molecule has 0 N–H and O–H groups in total. The third kappa shape index (κ3) is 1.98. The standard InChI is InChI=1S/C9H16O/c1-5-8(6-2)9(3,4)7-10/h5,7-8H,1,6H2,2-4H3/t8-/m1/s1. The van der Waals surface area contributed by atoms with Crippen LogP contribution in [0.4, 0.5) is 0 Å². The van der Waals surface area contributed by atoms with E-state index in [1.807, 2.05) is 19.9 Å².